The van der Waals surface area contributed by atoms with Crippen LogP contribution in [0.2, 0.25) is 5.02 Å². The summed E-state index contributed by atoms with van der Waals surface area (Å²) in [5.41, 5.74) is 0.422. The summed E-state index contributed by atoms with van der Waals surface area (Å²) in [6, 6.07) is 3.21. The molecule has 0 atom stereocenters. The van der Waals surface area contributed by atoms with Gasteiger partial charge in [-0.15, -0.1) is 0 Å². The van der Waals surface area contributed by atoms with Gasteiger partial charge in [-0.05, 0) is 6.07 Å². The summed E-state index contributed by atoms with van der Waals surface area (Å²) in [5, 5.41) is 0.372. The van der Waals surface area contributed by atoms with Crippen LogP contribution in [0.15, 0.2) is 29.3 Å². The van der Waals surface area contributed by atoms with Crippen molar-refractivity contribution in [1.29, 1.82) is 0 Å². The zero-order chi connectivity index (χ0) is 13.1. The third kappa shape index (κ3) is 2.17. The second-order valence-electron chi connectivity index (χ2n) is 3.45. The van der Waals surface area contributed by atoms with Gasteiger partial charge in [0.2, 0.25) is 0 Å². The first kappa shape index (κ1) is 12.4. The number of rotatable bonds is 3. The lowest BCUT2D eigenvalue weighted by Gasteiger charge is -2.10. The first-order valence-electron chi connectivity index (χ1n) is 5.13. The maximum absolute atomic E-state index is 11.7. The monoisotopic (exact) mass is 266 g/mol. The van der Waals surface area contributed by atoms with Crippen LogP contribution < -0.4 is 15.0 Å². The van der Waals surface area contributed by atoms with Gasteiger partial charge in [0.15, 0.2) is 11.5 Å². The Hall–Kier alpha value is -2.01. The fourth-order valence-corrected chi connectivity index (χ4v) is 1.82. The topological polar surface area (TPSA) is 64.2 Å². The van der Waals surface area contributed by atoms with E-state index in [-0.39, 0.29) is 11.3 Å². The van der Waals surface area contributed by atoms with Crippen LogP contribution in [-0.2, 0) is 0 Å². The number of aromatic nitrogens is 2. The molecular formula is C12H11ClN2O3. The molecule has 94 valence electrons. The average molecular weight is 267 g/mol. The zero-order valence-corrected chi connectivity index (χ0v) is 10.6. The fourth-order valence-electron chi connectivity index (χ4n) is 1.58. The number of methoxy groups -OCH3 is 2. The Labute approximate surface area is 108 Å². The van der Waals surface area contributed by atoms with Gasteiger partial charge in [-0.1, -0.05) is 11.6 Å². The summed E-state index contributed by atoms with van der Waals surface area (Å²) in [6.45, 7) is 0. The Morgan fingerprint density at radius 3 is 2.50 bits per heavy atom. The van der Waals surface area contributed by atoms with Crippen molar-refractivity contribution < 1.29 is 9.47 Å². The normalized spacial score (nSPS) is 10.2. The van der Waals surface area contributed by atoms with Gasteiger partial charge in [-0.2, -0.15) is 0 Å². The quantitative estimate of drug-likeness (QED) is 0.924. The van der Waals surface area contributed by atoms with Gasteiger partial charge in [0, 0.05) is 24.0 Å². The largest absolute Gasteiger partial charge is 0.493 e. The molecule has 5 nitrogen and oxygen atoms in total. The summed E-state index contributed by atoms with van der Waals surface area (Å²) in [7, 11) is 3.03. The highest BCUT2D eigenvalue weighted by atomic mass is 35.5. The highest BCUT2D eigenvalue weighted by Crippen LogP contribution is 2.36. The van der Waals surface area contributed by atoms with E-state index in [1.54, 1.807) is 12.1 Å². The molecule has 6 heteroatoms. The van der Waals surface area contributed by atoms with E-state index in [0.717, 1.165) is 0 Å². The van der Waals surface area contributed by atoms with Gasteiger partial charge in [0.25, 0.3) is 5.56 Å². The Bertz CT molecular complexity index is 625. The second kappa shape index (κ2) is 5.10. The van der Waals surface area contributed by atoms with Crippen molar-refractivity contribution >= 4 is 11.6 Å². The van der Waals surface area contributed by atoms with Crippen molar-refractivity contribution in [2.24, 2.45) is 0 Å². The van der Waals surface area contributed by atoms with Gasteiger partial charge in [0.05, 0.1) is 19.2 Å². The number of nitrogens with zero attached hydrogens (tertiary/aromatic N) is 1. The van der Waals surface area contributed by atoms with Gasteiger partial charge in [-0.3, -0.25) is 4.79 Å². The maximum Gasteiger partial charge on any atom is 0.274 e. The molecule has 2 rings (SSSR count). The molecule has 0 amide bonds. The van der Waals surface area contributed by atoms with E-state index >= 15 is 0 Å². The molecule has 0 spiro atoms. The first-order chi connectivity index (χ1) is 8.67. The van der Waals surface area contributed by atoms with E-state index < -0.39 is 0 Å². The SMILES string of the molecule is COc1cc(Cl)c(-c2ncc[nH]c2=O)cc1OC. The van der Waals surface area contributed by atoms with Gasteiger partial charge >= 0.3 is 0 Å². The van der Waals surface area contributed by atoms with E-state index in [4.69, 9.17) is 21.1 Å². The molecule has 0 radical (unpaired) electrons. The van der Waals surface area contributed by atoms with Crippen LogP contribution in [0, 0.1) is 0 Å². The molecule has 0 aliphatic carbocycles. The van der Waals surface area contributed by atoms with Crippen molar-refractivity contribution in [1.82, 2.24) is 9.97 Å². The molecular weight excluding hydrogens is 256 g/mol. The minimum Gasteiger partial charge on any atom is -0.493 e. The Kier molecular flexibility index (Phi) is 3.53. The molecule has 1 N–H and O–H groups in total. The van der Waals surface area contributed by atoms with E-state index in [1.165, 1.54) is 26.6 Å². The minimum atomic E-state index is -0.313. The number of hydrogen-bond donors (Lipinski definition) is 1. The number of halogens is 1. The van der Waals surface area contributed by atoms with Crippen LogP contribution >= 0.6 is 11.6 Å². The molecule has 1 aromatic carbocycles. The first-order valence-corrected chi connectivity index (χ1v) is 5.50. The average Bonchev–Trinajstić information content (AvgIpc) is 2.39. The van der Waals surface area contributed by atoms with Crippen molar-refractivity contribution in [2.45, 2.75) is 0 Å². The van der Waals surface area contributed by atoms with Gasteiger partial charge < -0.3 is 14.5 Å². The number of ether oxygens (including phenoxy) is 2. The number of aromatic amines is 1. The van der Waals surface area contributed by atoms with Crippen LogP contribution in [-0.4, -0.2) is 24.2 Å². The van der Waals surface area contributed by atoms with Crippen LogP contribution in [0.25, 0.3) is 11.3 Å². The van der Waals surface area contributed by atoms with Gasteiger partial charge in [0.1, 0.15) is 5.69 Å². The van der Waals surface area contributed by atoms with Crippen molar-refractivity contribution in [3.05, 3.63) is 39.9 Å². The molecule has 0 unspecified atom stereocenters. The van der Waals surface area contributed by atoms with Crippen molar-refractivity contribution in [2.75, 3.05) is 14.2 Å². The Morgan fingerprint density at radius 2 is 1.89 bits per heavy atom. The molecule has 0 aliphatic heterocycles. The predicted octanol–water partition coefficient (Wildman–Crippen LogP) is 2.11. The van der Waals surface area contributed by atoms with E-state index in [9.17, 15) is 4.79 Å². The van der Waals surface area contributed by atoms with Crippen LogP contribution in [0.3, 0.4) is 0 Å². The summed E-state index contributed by atoms with van der Waals surface area (Å²) in [4.78, 5) is 18.2. The molecule has 0 saturated carbocycles. The lowest BCUT2D eigenvalue weighted by Crippen LogP contribution is -2.10. The molecule has 0 aliphatic rings. The Balaban J connectivity index is 2.66. The Morgan fingerprint density at radius 1 is 1.22 bits per heavy atom. The van der Waals surface area contributed by atoms with E-state index in [0.29, 0.717) is 22.1 Å². The molecule has 0 fully saturated rings. The summed E-state index contributed by atoms with van der Waals surface area (Å²) >= 11 is 6.12. The molecule has 0 saturated heterocycles. The third-order valence-corrected chi connectivity index (χ3v) is 2.75. The molecule has 1 aromatic heterocycles. The van der Waals surface area contributed by atoms with Gasteiger partial charge in [-0.25, -0.2) is 4.98 Å². The van der Waals surface area contributed by atoms with Crippen molar-refractivity contribution in [3.63, 3.8) is 0 Å². The summed E-state index contributed by atoms with van der Waals surface area (Å²) < 4.78 is 10.3. The van der Waals surface area contributed by atoms with Crippen LogP contribution in [0.1, 0.15) is 0 Å². The van der Waals surface area contributed by atoms with E-state index in [1.807, 2.05) is 0 Å². The standard InChI is InChI=1S/C12H11ClN2O3/c1-17-9-5-7(8(13)6-10(9)18-2)11-12(16)15-4-3-14-11/h3-6H,1-2H3,(H,15,16). The van der Waals surface area contributed by atoms with Crippen LogP contribution in [0.5, 0.6) is 11.5 Å². The zero-order valence-electron chi connectivity index (χ0n) is 9.86. The lowest BCUT2D eigenvalue weighted by atomic mass is 10.1. The highest BCUT2D eigenvalue weighted by molar-refractivity contribution is 6.33. The number of nitrogens with one attached hydrogen (secondary N) is 1. The summed E-state index contributed by atoms with van der Waals surface area (Å²) in [5.74, 6) is 0.987. The maximum atomic E-state index is 11.7. The second-order valence-corrected chi connectivity index (χ2v) is 3.86. The lowest BCUT2D eigenvalue weighted by molar-refractivity contribution is 0.355. The smallest absolute Gasteiger partial charge is 0.274 e. The van der Waals surface area contributed by atoms with Crippen LogP contribution in [0.4, 0.5) is 0 Å². The van der Waals surface area contributed by atoms with Crippen molar-refractivity contribution in [3.8, 4) is 22.8 Å². The minimum absolute atomic E-state index is 0.239. The molecule has 0 bridgehead atoms. The predicted molar refractivity (Wildman–Crippen MR) is 68.4 cm³/mol. The third-order valence-electron chi connectivity index (χ3n) is 2.44. The fraction of sp³-hybridized carbons (Fsp3) is 0.167. The molecule has 1 heterocycles. The number of H-pyrrole nitrogens is 1. The molecule has 2 aromatic rings. The molecule has 18 heavy (non-hydrogen) atoms. The number of hydrogen-bond acceptors (Lipinski definition) is 4. The van der Waals surface area contributed by atoms with E-state index in [2.05, 4.69) is 9.97 Å². The number of benzene rings is 1. The highest BCUT2D eigenvalue weighted by Gasteiger charge is 2.14. The summed E-state index contributed by atoms with van der Waals surface area (Å²) in [6.07, 6.45) is 2.95.